The van der Waals surface area contributed by atoms with Crippen LogP contribution in [0.5, 0.6) is 0 Å². The number of halogens is 3. The summed E-state index contributed by atoms with van der Waals surface area (Å²) in [4.78, 5) is 33.3. The Bertz CT molecular complexity index is 1750. The smallest absolute Gasteiger partial charge is 0.452 e. The molecule has 1 aliphatic rings. The van der Waals surface area contributed by atoms with Crippen molar-refractivity contribution in [3.05, 3.63) is 48.5 Å². The molecule has 0 unspecified atom stereocenters. The molecular weight excluding hydrogens is 561 g/mol. The zero-order valence-corrected chi connectivity index (χ0v) is 22.5. The lowest BCUT2D eigenvalue weighted by molar-refractivity contribution is -0.200. The lowest BCUT2D eigenvalue weighted by Gasteiger charge is -2.32. The molecule has 5 aromatic heterocycles. The van der Waals surface area contributed by atoms with E-state index in [-0.39, 0.29) is 6.04 Å². The molecule has 0 aliphatic carbocycles. The van der Waals surface area contributed by atoms with Crippen LogP contribution in [-0.2, 0) is 14.3 Å². The normalized spacial score (nSPS) is 14.6. The van der Waals surface area contributed by atoms with Gasteiger partial charge in [0.25, 0.3) is 5.91 Å². The molecule has 10 nitrogen and oxygen atoms in total. The molecule has 0 bridgehead atoms. The number of aromatic nitrogens is 4. The monoisotopic (exact) mass is 584 g/mol. The minimum atomic E-state index is -5.13. The van der Waals surface area contributed by atoms with Crippen molar-refractivity contribution in [2.24, 2.45) is 0 Å². The van der Waals surface area contributed by atoms with Crippen LogP contribution in [0.1, 0.15) is 18.9 Å². The van der Waals surface area contributed by atoms with E-state index in [1.165, 1.54) is 4.90 Å². The molecule has 14 heteroatoms. The highest BCUT2D eigenvalue weighted by molar-refractivity contribution is 7.17. The number of rotatable bonds is 6. The van der Waals surface area contributed by atoms with Gasteiger partial charge in [-0.1, -0.05) is 0 Å². The molecular formula is C27H23F3N6O4S. The second-order valence-corrected chi connectivity index (χ2v) is 10.5. The van der Waals surface area contributed by atoms with Crippen LogP contribution in [0, 0.1) is 0 Å². The molecule has 1 aliphatic heterocycles. The highest BCUT2D eigenvalue weighted by Gasteiger charge is 2.41. The number of thiophene rings is 1. The molecule has 1 amide bonds. The van der Waals surface area contributed by atoms with Gasteiger partial charge in [-0.05, 0) is 25.0 Å². The SMILES string of the molecule is CNc1ncc(-c2cnn(C3CCN(C(=O)COC(=O)C(F)(F)F)CC3)c2)c2cc(-c3csc4cnccc34)oc12. The Labute approximate surface area is 234 Å². The van der Waals surface area contributed by atoms with Gasteiger partial charge < -0.3 is 19.4 Å². The van der Waals surface area contributed by atoms with E-state index in [4.69, 9.17) is 4.42 Å². The first-order chi connectivity index (χ1) is 19.7. The minimum Gasteiger partial charge on any atom is -0.452 e. The second-order valence-electron chi connectivity index (χ2n) is 9.54. The molecule has 0 saturated carbocycles. The summed E-state index contributed by atoms with van der Waals surface area (Å²) in [6, 6.07) is 3.95. The summed E-state index contributed by atoms with van der Waals surface area (Å²) in [6.07, 6.45) is 4.98. The molecule has 1 saturated heterocycles. The number of nitrogens with one attached hydrogen (secondary N) is 1. The summed E-state index contributed by atoms with van der Waals surface area (Å²) in [6.45, 7) is -0.328. The fourth-order valence-corrected chi connectivity index (χ4v) is 5.91. The zero-order valence-electron chi connectivity index (χ0n) is 21.6. The van der Waals surface area contributed by atoms with Crippen molar-refractivity contribution in [3.63, 3.8) is 0 Å². The van der Waals surface area contributed by atoms with Crippen molar-refractivity contribution in [2.75, 3.05) is 32.1 Å². The van der Waals surface area contributed by atoms with E-state index in [9.17, 15) is 22.8 Å². The Morgan fingerprint density at radius 2 is 1.98 bits per heavy atom. The Hall–Kier alpha value is -4.46. The van der Waals surface area contributed by atoms with E-state index in [2.05, 4.69) is 25.1 Å². The lowest BCUT2D eigenvalue weighted by atomic mass is 10.0. The van der Waals surface area contributed by atoms with Gasteiger partial charge in [0.05, 0.1) is 16.9 Å². The summed E-state index contributed by atoms with van der Waals surface area (Å²) in [5.41, 5.74) is 3.29. The number of hydrogen-bond acceptors (Lipinski definition) is 9. The van der Waals surface area contributed by atoms with Crippen molar-refractivity contribution in [1.29, 1.82) is 0 Å². The van der Waals surface area contributed by atoms with Gasteiger partial charge in [0.2, 0.25) is 0 Å². The summed E-state index contributed by atoms with van der Waals surface area (Å²) in [5, 5.41) is 11.6. The molecule has 6 rings (SSSR count). The van der Waals surface area contributed by atoms with Gasteiger partial charge in [-0.3, -0.25) is 14.5 Å². The number of fused-ring (bicyclic) bond motifs is 2. The number of ether oxygens (including phenoxy) is 1. The van der Waals surface area contributed by atoms with Crippen LogP contribution in [0.2, 0.25) is 0 Å². The number of alkyl halides is 3. The van der Waals surface area contributed by atoms with E-state index >= 15 is 0 Å². The van der Waals surface area contributed by atoms with Gasteiger partial charge in [0.1, 0.15) is 5.76 Å². The van der Waals surface area contributed by atoms with Crippen LogP contribution in [0.4, 0.5) is 19.0 Å². The number of pyridine rings is 2. The highest BCUT2D eigenvalue weighted by Crippen LogP contribution is 2.41. The van der Waals surface area contributed by atoms with Crippen LogP contribution in [0.25, 0.3) is 43.5 Å². The number of amides is 1. The van der Waals surface area contributed by atoms with E-state index in [1.54, 1.807) is 37.0 Å². The first-order valence-corrected chi connectivity index (χ1v) is 13.6. The van der Waals surface area contributed by atoms with Crippen LogP contribution in [-0.4, -0.2) is 69.4 Å². The molecule has 212 valence electrons. The van der Waals surface area contributed by atoms with Gasteiger partial charge in [-0.15, -0.1) is 11.3 Å². The molecule has 1 N–H and O–H groups in total. The van der Waals surface area contributed by atoms with Gasteiger partial charge in [0.15, 0.2) is 18.0 Å². The molecule has 0 radical (unpaired) electrons. The predicted molar refractivity (Wildman–Crippen MR) is 145 cm³/mol. The standard InChI is InChI=1S/C27H23F3N6O4S/c1-31-25-24-18(8-21(40-24)20-14-41-22-11-32-5-2-17(20)22)19(10-33-25)15-9-34-36(12-15)16-3-6-35(7-4-16)23(37)13-39-26(38)27(28,29)30/h2,5,8-12,14,16H,3-4,6-7,13H2,1H3,(H,31,33). The Morgan fingerprint density at radius 1 is 1.17 bits per heavy atom. The number of carbonyl (C=O) groups is 2. The quantitative estimate of drug-likeness (QED) is 0.268. The molecule has 0 spiro atoms. The lowest BCUT2D eigenvalue weighted by Crippen LogP contribution is -2.42. The first kappa shape index (κ1) is 26.7. The number of hydrogen-bond donors (Lipinski definition) is 1. The van der Waals surface area contributed by atoms with Crippen molar-refractivity contribution in [1.82, 2.24) is 24.6 Å². The number of nitrogens with zero attached hydrogens (tertiary/aromatic N) is 5. The van der Waals surface area contributed by atoms with Crippen molar-refractivity contribution >= 4 is 50.1 Å². The average Bonchev–Trinajstić information content (AvgIpc) is 3.73. The third kappa shape index (κ3) is 5.10. The molecule has 41 heavy (non-hydrogen) atoms. The predicted octanol–water partition coefficient (Wildman–Crippen LogP) is 5.28. The minimum absolute atomic E-state index is 0.0174. The van der Waals surface area contributed by atoms with E-state index in [0.717, 1.165) is 32.2 Å². The van der Waals surface area contributed by atoms with Crippen molar-refractivity contribution in [3.8, 4) is 22.5 Å². The fraction of sp³-hybridized carbons (Fsp3) is 0.296. The molecule has 6 heterocycles. The Morgan fingerprint density at radius 3 is 2.73 bits per heavy atom. The average molecular weight is 585 g/mol. The zero-order chi connectivity index (χ0) is 28.7. The van der Waals surface area contributed by atoms with Gasteiger partial charge >= 0.3 is 12.1 Å². The van der Waals surface area contributed by atoms with Crippen LogP contribution < -0.4 is 5.32 Å². The van der Waals surface area contributed by atoms with E-state index < -0.39 is 24.7 Å². The van der Waals surface area contributed by atoms with Crippen molar-refractivity contribution in [2.45, 2.75) is 25.1 Å². The molecule has 5 aromatic rings. The topological polar surface area (TPSA) is 115 Å². The van der Waals surface area contributed by atoms with Gasteiger partial charge in [0, 0.05) is 77.8 Å². The summed E-state index contributed by atoms with van der Waals surface area (Å²) < 4.78 is 50.3. The number of furan rings is 1. The first-order valence-electron chi connectivity index (χ1n) is 12.7. The molecule has 1 fully saturated rings. The van der Waals surface area contributed by atoms with Crippen LogP contribution >= 0.6 is 11.3 Å². The molecule has 0 aromatic carbocycles. The number of likely N-dealkylation sites (tertiary alicyclic amines) is 1. The van der Waals surface area contributed by atoms with E-state index in [0.29, 0.717) is 43.1 Å². The number of anilines is 1. The molecule has 0 atom stereocenters. The van der Waals surface area contributed by atoms with Crippen LogP contribution in [0.3, 0.4) is 0 Å². The Kier molecular flexibility index (Phi) is 6.85. The largest absolute Gasteiger partial charge is 0.490 e. The highest BCUT2D eigenvalue weighted by atomic mass is 32.1. The maximum Gasteiger partial charge on any atom is 0.490 e. The summed E-state index contributed by atoms with van der Waals surface area (Å²) in [5.74, 6) is -1.71. The van der Waals surface area contributed by atoms with Crippen LogP contribution in [0.15, 0.2) is 52.9 Å². The second kappa shape index (κ2) is 10.5. The maximum atomic E-state index is 12.3. The third-order valence-corrected chi connectivity index (χ3v) is 8.04. The summed E-state index contributed by atoms with van der Waals surface area (Å²) >= 11 is 1.60. The van der Waals surface area contributed by atoms with E-state index in [1.807, 2.05) is 34.6 Å². The van der Waals surface area contributed by atoms with Gasteiger partial charge in [-0.2, -0.15) is 18.3 Å². The Balaban J connectivity index is 1.20. The third-order valence-electron chi connectivity index (χ3n) is 7.10. The van der Waals surface area contributed by atoms with Crippen molar-refractivity contribution < 1.29 is 31.9 Å². The summed E-state index contributed by atoms with van der Waals surface area (Å²) in [7, 11) is 1.78. The van der Waals surface area contributed by atoms with Gasteiger partial charge in [-0.25, -0.2) is 9.78 Å². The fourth-order valence-electron chi connectivity index (χ4n) is 5.00. The number of piperidine rings is 1. The maximum absolute atomic E-state index is 12.3. The number of esters is 1. The number of carbonyl (C=O) groups excluding carboxylic acids is 2.